The number of alkyl carbamates (subject to hydrolysis) is 1. The van der Waals surface area contributed by atoms with E-state index in [-0.39, 0.29) is 0 Å². The predicted molar refractivity (Wildman–Crippen MR) is 106 cm³/mol. The van der Waals surface area contributed by atoms with Gasteiger partial charge in [0.2, 0.25) is 5.91 Å². The standard InChI is InChI=1S/C18H37N3O5S/c1-15(2,3)13(22)20-27(24,25)21-18(9,10)12-11-17(7,8)19-14(23)26-16(4,5)6/h21H,11-12H2,1-10H3,(H,19,23)(H,20,22). The van der Waals surface area contributed by atoms with Crippen molar-refractivity contribution in [1.82, 2.24) is 14.8 Å². The Hall–Kier alpha value is -1.35. The molecule has 0 spiro atoms. The van der Waals surface area contributed by atoms with Crippen molar-refractivity contribution in [2.75, 3.05) is 0 Å². The van der Waals surface area contributed by atoms with E-state index in [1.54, 1.807) is 55.4 Å². The molecule has 0 heterocycles. The van der Waals surface area contributed by atoms with Gasteiger partial charge in [0, 0.05) is 16.5 Å². The lowest BCUT2D eigenvalue weighted by Gasteiger charge is -2.33. The van der Waals surface area contributed by atoms with Crippen LogP contribution in [0.1, 0.15) is 82.1 Å². The number of carbonyl (C=O) groups excluding carboxylic acids is 2. The van der Waals surface area contributed by atoms with Crippen LogP contribution in [-0.2, 0) is 19.7 Å². The molecule has 0 saturated heterocycles. The third-order valence-corrected chi connectivity index (χ3v) is 4.81. The Morgan fingerprint density at radius 1 is 0.815 bits per heavy atom. The van der Waals surface area contributed by atoms with Gasteiger partial charge >= 0.3 is 16.3 Å². The van der Waals surface area contributed by atoms with Crippen molar-refractivity contribution in [2.45, 2.75) is 98.8 Å². The molecule has 160 valence electrons. The molecule has 0 aromatic rings. The van der Waals surface area contributed by atoms with E-state index < -0.39 is 44.3 Å². The van der Waals surface area contributed by atoms with E-state index in [0.29, 0.717) is 12.8 Å². The molecule has 0 saturated carbocycles. The normalized spacial score (nSPS) is 13.9. The summed E-state index contributed by atoms with van der Waals surface area (Å²) < 4.78 is 34.2. The van der Waals surface area contributed by atoms with Crippen LogP contribution >= 0.6 is 0 Å². The number of nitrogens with one attached hydrogen (secondary N) is 3. The molecule has 0 fully saturated rings. The zero-order valence-corrected chi connectivity index (χ0v) is 19.2. The first kappa shape index (κ1) is 25.6. The molecule has 2 amide bonds. The van der Waals surface area contributed by atoms with Gasteiger partial charge in [-0.25, -0.2) is 9.52 Å². The fourth-order valence-corrected chi connectivity index (χ4v) is 3.41. The van der Waals surface area contributed by atoms with Crippen LogP contribution in [0, 0.1) is 5.41 Å². The van der Waals surface area contributed by atoms with Crippen LogP contribution in [-0.4, -0.2) is 37.1 Å². The quantitative estimate of drug-likeness (QED) is 0.600. The van der Waals surface area contributed by atoms with Crippen molar-refractivity contribution in [2.24, 2.45) is 5.41 Å². The molecule has 0 aromatic heterocycles. The highest BCUT2D eigenvalue weighted by atomic mass is 32.2. The van der Waals surface area contributed by atoms with E-state index in [2.05, 4.69) is 10.0 Å². The first-order chi connectivity index (χ1) is 11.6. The summed E-state index contributed by atoms with van der Waals surface area (Å²) in [6, 6.07) is 0. The van der Waals surface area contributed by atoms with Gasteiger partial charge in [0.1, 0.15) is 5.60 Å². The fraction of sp³-hybridized carbons (Fsp3) is 0.889. The topological polar surface area (TPSA) is 114 Å². The molecule has 0 aliphatic heterocycles. The van der Waals surface area contributed by atoms with E-state index in [1.165, 1.54) is 0 Å². The van der Waals surface area contributed by atoms with E-state index in [1.807, 2.05) is 18.6 Å². The van der Waals surface area contributed by atoms with Crippen LogP contribution in [0.2, 0.25) is 0 Å². The lowest BCUT2D eigenvalue weighted by Crippen LogP contribution is -2.53. The molecule has 8 nitrogen and oxygen atoms in total. The van der Waals surface area contributed by atoms with Crippen molar-refractivity contribution in [3.8, 4) is 0 Å². The molecule has 9 heteroatoms. The highest BCUT2D eigenvalue weighted by molar-refractivity contribution is 7.88. The highest BCUT2D eigenvalue weighted by Crippen LogP contribution is 2.21. The van der Waals surface area contributed by atoms with Crippen molar-refractivity contribution in [1.29, 1.82) is 0 Å². The SMILES string of the molecule is CC(C)(CCC(C)(C)NS(=O)(=O)NC(=O)C(C)(C)C)NC(=O)OC(C)(C)C. The van der Waals surface area contributed by atoms with Gasteiger partial charge in [-0.1, -0.05) is 20.8 Å². The summed E-state index contributed by atoms with van der Waals surface area (Å²) in [5, 5.41) is 2.79. The van der Waals surface area contributed by atoms with Crippen LogP contribution < -0.4 is 14.8 Å². The molecule has 0 rings (SSSR count). The molecular weight excluding hydrogens is 370 g/mol. The van der Waals surface area contributed by atoms with Crippen LogP contribution in [0.3, 0.4) is 0 Å². The largest absolute Gasteiger partial charge is 0.444 e. The Morgan fingerprint density at radius 3 is 1.67 bits per heavy atom. The predicted octanol–water partition coefficient (Wildman–Crippen LogP) is 2.85. The Bertz CT molecular complexity index is 641. The summed E-state index contributed by atoms with van der Waals surface area (Å²) in [5.41, 5.74) is -2.84. The first-order valence-corrected chi connectivity index (χ1v) is 10.5. The van der Waals surface area contributed by atoms with Crippen LogP contribution in [0.5, 0.6) is 0 Å². The number of ether oxygens (including phenoxy) is 1. The van der Waals surface area contributed by atoms with Crippen molar-refractivity contribution in [3.05, 3.63) is 0 Å². The minimum absolute atomic E-state index is 0.431. The molecule has 27 heavy (non-hydrogen) atoms. The molecule has 0 aromatic carbocycles. The Labute approximate surface area is 164 Å². The third kappa shape index (κ3) is 11.9. The Kier molecular flexibility index (Phi) is 7.93. The smallest absolute Gasteiger partial charge is 0.408 e. The first-order valence-electron chi connectivity index (χ1n) is 9.02. The van der Waals surface area contributed by atoms with Crippen molar-refractivity contribution in [3.63, 3.8) is 0 Å². The van der Waals surface area contributed by atoms with Gasteiger partial charge in [0.05, 0.1) is 0 Å². The summed E-state index contributed by atoms with van der Waals surface area (Å²) in [7, 11) is -4.00. The van der Waals surface area contributed by atoms with E-state index in [9.17, 15) is 18.0 Å². The zero-order chi connectivity index (χ0) is 21.9. The summed E-state index contributed by atoms with van der Waals surface area (Å²) in [6.07, 6.45) is 0.401. The van der Waals surface area contributed by atoms with Gasteiger partial charge in [-0.3, -0.25) is 4.79 Å². The summed E-state index contributed by atoms with van der Waals surface area (Å²) in [6.45, 7) is 17.4. The maximum atomic E-state index is 12.2. The molecular formula is C18H37N3O5S. The average Bonchev–Trinajstić information content (AvgIpc) is 2.30. The molecule has 0 unspecified atom stereocenters. The molecule has 0 bridgehead atoms. The molecule has 0 aliphatic rings. The van der Waals surface area contributed by atoms with Gasteiger partial charge in [0.25, 0.3) is 0 Å². The number of rotatable bonds is 7. The van der Waals surface area contributed by atoms with Gasteiger partial charge in [-0.15, -0.1) is 0 Å². The maximum absolute atomic E-state index is 12.2. The van der Waals surface area contributed by atoms with Crippen LogP contribution in [0.25, 0.3) is 0 Å². The van der Waals surface area contributed by atoms with Gasteiger partial charge in [-0.05, 0) is 61.3 Å². The average molecular weight is 408 g/mol. The number of hydrogen-bond acceptors (Lipinski definition) is 5. The number of carbonyl (C=O) groups is 2. The number of amides is 2. The molecule has 0 radical (unpaired) electrons. The second kappa shape index (κ2) is 8.34. The summed E-state index contributed by atoms with van der Waals surface area (Å²) >= 11 is 0. The zero-order valence-electron chi connectivity index (χ0n) is 18.4. The lowest BCUT2D eigenvalue weighted by atomic mass is 9.90. The second-order valence-electron chi connectivity index (χ2n) is 10.2. The third-order valence-electron chi connectivity index (χ3n) is 3.53. The fourth-order valence-electron chi connectivity index (χ4n) is 1.98. The number of hydrogen-bond donors (Lipinski definition) is 3. The minimum atomic E-state index is -4.00. The lowest BCUT2D eigenvalue weighted by molar-refractivity contribution is -0.126. The van der Waals surface area contributed by atoms with Crippen LogP contribution in [0.15, 0.2) is 0 Å². The minimum Gasteiger partial charge on any atom is -0.444 e. The van der Waals surface area contributed by atoms with Crippen LogP contribution in [0.4, 0.5) is 4.79 Å². The molecule has 0 aliphatic carbocycles. The van der Waals surface area contributed by atoms with E-state index >= 15 is 0 Å². The van der Waals surface area contributed by atoms with Gasteiger partial charge < -0.3 is 10.1 Å². The van der Waals surface area contributed by atoms with Crippen molar-refractivity contribution < 1.29 is 22.7 Å². The summed E-state index contributed by atoms with van der Waals surface area (Å²) in [4.78, 5) is 23.9. The van der Waals surface area contributed by atoms with E-state index in [4.69, 9.17) is 4.74 Å². The van der Waals surface area contributed by atoms with Gasteiger partial charge in [-0.2, -0.15) is 13.1 Å². The van der Waals surface area contributed by atoms with E-state index in [0.717, 1.165) is 0 Å². The Morgan fingerprint density at radius 2 is 1.26 bits per heavy atom. The maximum Gasteiger partial charge on any atom is 0.408 e. The molecule has 3 N–H and O–H groups in total. The monoisotopic (exact) mass is 407 g/mol. The summed E-state index contributed by atoms with van der Waals surface area (Å²) in [5.74, 6) is -0.585. The Balaban J connectivity index is 4.82. The van der Waals surface area contributed by atoms with Crippen molar-refractivity contribution >= 4 is 22.2 Å². The highest BCUT2D eigenvalue weighted by Gasteiger charge is 2.32. The molecule has 0 atom stereocenters. The van der Waals surface area contributed by atoms with Gasteiger partial charge in [0.15, 0.2) is 0 Å². The second-order valence-corrected chi connectivity index (χ2v) is 11.6.